The smallest absolute Gasteiger partial charge is 0.354 e. The second kappa shape index (κ2) is 6.53. The highest BCUT2D eigenvalue weighted by molar-refractivity contribution is 7.18. The molecule has 1 fully saturated rings. The molecule has 0 N–H and O–H groups in total. The molecular formula is C17H18F3N5S. The number of alkyl halides is 3. The van der Waals surface area contributed by atoms with Crippen LogP contribution in [-0.2, 0) is 12.6 Å². The fourth-order valence-electron chi connectivity index (χ4n) is 3.37. The van der Waals surface area contributed by atoms with Gasteiger partial charge in [-0.15, -0.1) is 11.3 Å². The Kier molecular flexibility index (Phi) is 4.34. The molecule has 0 saturated carbocycles. The van der Waals surface area contributed by atoms with Crippen molar-refractivity contribution < 1.29 is 13.2 Å². The molecule has 0 aliphatic carbocycles. The van der Waals surface area contributed by atoms with Crippen molar-refractivity contribution in [2.45, 2.75) is 38.4 Å². The lowest BCUT2D eigenvalue weighted by molar-refractivity contribution is -0.141. The number of thiophene rings is 1. The fraction of sp³-hybridized carbons (Fsp3) is 0.471. The summed E-state index contributed by atoms with van der Waals surface area (Å²) in [4.78, 5) is 13.2. The Morgan fingerprint density at radius 2 is 2.15 bits per heavy atom. The highest BCUT2D eigenvalue weighted by atomic mass is 32.1. The number of aryl methyl sites for hydroxylation is 1. The minimum absolute atomic E-state index is 0.103. The first-order valence-corrected chi connectivity index (χ1v) is 9.38. The van der Waals surface area contributed by atoms with E-state index in [0.717, 1.165) is 47.9 Å². The molecule has 0 bridgehead atoms. The van der Waals surface area contributed by atoms with E-state index in [-0.39, 0.29) is 6.04 Å². The Balaban J connectivity index is 1.61. The average molecular weight is 381 g/mol. The molecular weight excluding hydrogens is 363 g/mol. The molecule has 9 heteroatoms. The van der Waals surface area contributed by atoms with Crippen molar-refractivity contribution >= 4 is 27.4 Å². The van der Waals surface area contributed by atoms with Crippen LogP contribution in [-0.4, -0.2) is 32.8 Å². The van der Waals surface area contributed by atoms with Gasteiger partial charge >= 0.3 is 6.18 Å². The molecule has 5 nitrogen and oxygen atoms in total. The third-order valence-corrected chi connectivity index (χ3v) is 5.86. The van der Waals surface area contributed by atoms with E-state index in [2.05, 4.69) is 33.0 Å². The lowest BCUT2D eigenvalue weighted by atomic mass is 10.1. The van der Waals surface area contributed by atoms with Gasteiger partial charge in [0.25, 0.3) is 0 Å². The number of aromatic nitrogens is 4. The third-order valence-electron chi connectivity index (χ3n) is 4.68. The van der Waals surface area contributed by atoms with Gasteiger partial charge in [0.15, 0.2) is 5.69 Å². The van der Waals surface area contributed by atoms with Crippen LogP contribution in [0.2, 0.25) is 0 Å². The largest absolute Gasteiger partial charge is 0.435 e. The van der Waals surface area contributed by atoms with Crippen molar-refractivity contribution in [3.63, 3.8) is 0 Å². The van der Waals surface area contributed by atoms with Gasteiger partial charge in [0.1, 0.15) is 17.0 Å². The van der Waals surface area contributed by atoms with E-state index in [0.29, 0.717) is 6.54 Å². The maximum atomic E-state index is 12.8. The first-order chi connectivity index (χ1) is 12.5. The highest BCUT2D eigenvalue weighted by Crippen LogP contribution is 2.34. The van der Waals surface area contributed by atoms with Crippen molar-refractivity contribution in [2.24, 2.45) is 0 Å². The van der Waals surface area contributed by atoms with Gasteiger partial charge in [-0.2, -0.15) is 18.3 Å². The third kappa shape index (κ3) is 3.15. The van der Waals surface area contributed by atoms with Gasteiger partial charge in [-0.25, -0.2) is 9.97 Å². The predicted molar refractivity (Wildman–Crippen MR) is 94.5 cm³/mol. The molecule has 138 valence electrons. The zero-order valence-electron chi connectivity index (χ0n) is 14.2. The number of halogens is 3. The SMILES string of the molecule is CCc1cc2c(N3CCCC(n4ccc(C(F)(F)F)n4)C3)ncnc2s1. The maximum Gasteiger partial charge on any atom is 0.435 e. The molecule has 0 spiro atoms. The number of anilines is 1. The summed E-state index contributed by atoms with van der Waals surface area (Å²) in [6.07, 6.45) is 1.19. The number of hydrogen-bond acceptors (Lipinski definition) is 5. The number of nitrogens with zero attached hydrogens (tertiary/aromatic N) is 5. The number of fused-ring (bicyclic) bond motifs is 1. The summed E-state index contributed by atoms with van der Waals surface area (Å²) in [5, 5.41) is 4.77. The van der Waals surface area contributed by atoms with Crippen LogP contribution < -0.4 is 4.90 Å². The van der Waals surface area contributed by atoms with Crippen molar-refractivity contribution in [1.82, 2.24) is 19.7 Å². The molecule has 1 saturated heterocycles. The monoisotopic (exact) mass is 381 g/mol. The molecule has 4 heterocycles. The van der Waals surface area contributed by atoms with E-state index >= 15 is 0 Å². The van der Waals surface area contributed by atoms with Gasteiger partial charge in [-0.3, -0.25) is 4.68 Å². The minimum Gasteiger partial charge on any atom is -0.354 e. The zero-order chi connectivity index (χ0) is 18.3. The summed E-state index contributed by atoms with van der Waals surface area (Å²) in [6, 6.07) is 3.05. The van der Waals surface area contributed by atoms with Crippen LogP contribution in [0.4, 0.5) is 19.0 Å². The summed E-state index contributed by atoms with van der Waals surface area (Å²) in [6.45, 7) is 3.51. The first kappa shape index (κ1) is 17.3. The molecule has 1 atom stereocenters. The molecule has 3 aromatic heterocycles. The lowest BCUT2D eigenvalue weighted by Gasteiger charge is -2.33. The van der Waals surface area contributed by atoms with E-state index < -0.39 is 11.9 Å². The van der Waals surface area contributed by atoms with Crippen LogP contribution >= 0.6 is 11.3 Å². The topological polar surface area (TPSA) is 46.8 Å². The average Bonchev–Trinajstić information content (AvgIpc) is 3.28. The van der Waals surface area contributed by atoms with E-state index in [9.17, 15) is 13.2 Å². The number of piperidine rings is 1. The summed E-state index contributed by atoms with van der Waals surface area (Å²) >= 11 is 1.66. The molecule has 1 unspecified atom stereocenters. The van der Waals surface area contributed by atoms with Gasteiger partial charge in [-0.05, 0) is 31.4 Å². The Hall–Kier alpha value is -2.16. The molecule has 3 aromatic rings. The second-order valence-electron chi connectivity index (χ2n) is 6.40. The minimum atomic E-state index is -4.41. The molecule has 1 aliphatic heterocycles. The summed E-state index contributed by atoms with van der Waals surface area (Å²) in [5.41, 5.74) is -0.843. The lowest BCUT2D eigenvalue weighted by Crippen LogP contribution is -2.37. The van der Waals surface area contributed by atoms with Crippen LogP contribution in [0.15, 0.2) is 24.7 Å². The van der Waals surface area contributed by atoms with Gasteiger partial charge in [0, 0.05) is 24.2 Å². The van der Waals surface area contributed by atoms with Crippen LogP contribution in [0.25, 0.3) is 10.2 Å². The fourth-order valence-corrected chi connectivity index (χ4v) is 4.30. The normalized spacial score (nSPS) is 18.6. The molecule has 26 heavy (non-hydrogen) atoms. The summed E-state index contributed by atoms with van der Waals surface area (Å²) in [7, 11) is 0. The number of rotatable bonds is 3. The quantitative estimate of drug-likeness (QED) is 0.678. The zero-order valence-corrected chi connectivity index (χ0v) is 15.0. The van der Waals surface area contributed by atoms with Crippen LogP contribution in [0, 0.1) is 0 Å². The van der Waals surface area contributed by atoms with Crippen molar-refractivity contribution in [1.29, 1.82) is 0 Å². The van der Waals surface area contributed by atoms with Gasteiger partial charge in [0.2, 0.25) is 0 Å². The Morgan fingerprint density at radius 1 is 1.31 bits per heavy atom. The van der Waals surface area contributed by atoms with Crippen molar-refractivity contribution in [3.05, 3.63) is 35.2 Å². The maximum absolute atomic E-state index is 12.8. The molecule has 0 aromatic carbocycles. The Bertz CT molecular complexity index is 917. The van der Waals surface area contributed by atoms with E-state index in [1.807, 2.05) is 0 Å². The standard InChI is InChI=1S/C17H18F3N5S/c1-2-12-8-13-15(21-10-22-16(13)26-12)24-6-3-4-11(9-24)25-7-5-14(23-25)17(18,19)20/h5,7-8,10-11H,2-4,6,9H2,1H3. The molecule has 0 amide bonds. The Morgan fingerprint density at radius 3 is 2.88 bits per heavy atom. The summed E-state index contributed by atoms with van der Waals surface area (Å²) in [5.74, 6) is 0.860. The van der Waals surface area contributed by atoms with Crippen LogP contribution in [0.5, 0.6) is 0 Å². The van der Waals surface area contributed by atoms with Crippen molar-refractivity contribution in [3.8, 4) is 0 Å². The van der Waals surface area contributed by atoms with Crippen molar-refractivity contribution in [2.75, 3.05) is 18.0 Å². The highest BCUT2D eigenvalue weighted by Gasteiger charge is 2.34. The first-order valence-electron chi connectivity index (χ1n) is 8.56. The van der Waals surface area contributed by atoms with E-state index in [4.69, 9.17) is 0 Å². The van der Waals surface area contributed by atoms with Crippen LogP contribution in [0.1, 0.15) is 36.4 Å². The predicted octanol–water partition coefficient (Wildman–Crippen LogP) is 4.31. The second-order valence-corrected chi connectivity index (χ2v) is 7.52. The van der Waals surface area contributed by atoms with Gasteiger partial charge in [0.05, 0.1) is 11.4 Å². The van der Waals surface area contributed by atoms with Crippen LogP contribution in [0.3, 0.4) is 0 Å². The summed E-state index contributed by atoms with van der Waals surface area (Å²) < 4.78 is 39.9. The van der Waals surface area contributed by atoms with Gasteiger partial charge < -0.3 is 4.90 Å². The number of hydrogen-bond donors (Lipinski definition) is 0. The Labute approximate surface area is 152 Å². The van der Waals surface area contributed by atoms with E-state index in [1.165, 1.54) is 15.8 Å². The molecule has 4 rings (SSSR count). The van der Waals surface area contributed by atoms with Gasteiger partial charge in [-0.1, -0.05) is 6.92 Å². The molecule has 1 aliphatic rings. The van der Waals surface area contributed by atoms with E-state index in [1.54, 1.807) is 17.7 Å². The molecule has 0 radical (unpaired) electrons.